The second-order valence-electron chi connectivity index (χ2n) is 5.72. The molecule has 0 bridgehead atoms. The molecule has 1 aromatic heterocycles. The van der Waals surface area contributed by atoms with Crippen molar-refractivity contribution in [3.8, 4) is 6.07 Å². The Bertz CT molecular complexity index is 542. The number of hydrogen-bond donors (Lipinski definition) is 0. The summed E-state index contributed by atoms with van der Waals surface area (Å²) in [6.45, 7) is 2.89. The molecular formula is C14H18N4O. The van der Waals surface area contributed by atoms with Crippen LogP contribution in [0.5, 0.6) is 0 Å². The van der Waals surface area contributed by atoms with Crippen LogP contribution in [0.3, 0.4) is 0 Å². The summed E-state index contributed by atoms with van der Waals surface area (Å²) in [6.07, 6.45) is 5.18. The first-order valence-corrected chi connectivity index (χ1v) is 7.07. The summed E-state index contributed by atoms with van der Waals surface area (Å²) in [4.78, 5) is 12.3. The van der Waals surface area contributed by atoms with Crippen LogP contribution in [0.25, 0.3) is 0 Å². The summed E-state index contributed by atoms with van der Waals surface area (Å²) in [6, 6.07) is 2.14. The maximum absolute atomic E-state index is 12.3. The van der Waals surface area contributed by atoms with Crippen LogP contribution in [0.2, 0.25) is 0 Å². The van der Waals surface area contributed by atoms with Crippen LogP contribution < -0.4 is 0 Å². The predicted octanol–water partition coefficient (Wildman–Crippen LogP) is 1.84. The molecule has 5 nitrogen and oxygen atoms in total. The third-order valence-electron chi connectivity index (χ3n) is 4.28. The van der Waals surface area contributed by atoms with Gasteiger partial charge in [0, 0.05) is 18.9 Å². The highest BCUT2D eigenvalue weighted by Gasteiger charge is 2.44. The largest absolute Gasteiger partial charge is 0.313 e. The van der Waals surface area contributed by atoms with E-state index in [2.05, 4.69) is 23.2 Å². The van der Waals surface area contributed by atoms with E-state index in [1.54, 1.807) is 0 Å². The van der Waals surface area contributed by atoms with Gasteiger partial charge in [0.25, 0.3) is 0 Å². The van der Waals surface area contributed by atoms with E-state index in [4.69, 9.17) is 0 Å². The molecule has 2 heterocycles. The van der Waals surface area contributed by atoms with Crippen LogP contribution in [-0.2, 0) is 17.8 Å². The normalized spacial score (nSPS) is 26.9. The van der Waals surface area contributed by atoms with Crippen molar-refractivity contribution in [2.24, 2.45) is 11.8 Å². The number of aromatic nitrogens is 3. The first-order chi connectivity index (χ1) is 9.22. The number of carbonyl (C=O) groups excluding carboxylic acids is 1. The van der Waals surface area contributed by atoms with Crippen LogP contribution in [0.1, 0.15) is 50.2 Å². The van der Waals surface area contributed by atoms with Gasteiger partial charge >= 0.3 is 0 Å². The zero-order valence-corrected chi connectivity index (χ0v) is 11.2. The molecule has 0 radical (unpaired) electrons. The van der Waals surface area contributed by atoms with Crippen LogP contribution in [0, 0.1) is 23.2 Å². The van der Waals surface area contributed by atoms with Gasteiger partial charge in [-0.05, 0) is 25.2 Å². The molecule has 1 saturated carbocycles. The minimum atomic E-state index is -0.728. The van der Waals surface area contributed by atoms with Crippen molar-refractivity contribution in [1.29, 1.82) is 5.26 Å². The van der Waals surface area contributed by atoms with E-state index in [0.717, 1.165) is 38.1 Å². The molecule has 100 valence electrons. The topological polar surface area (TPSA) is 71.6 Å². The number of fused-ring (bicyclic) bond motifs is 1. The Hall–Kier alpha value is -1.70. The van der Waals surface area contributed by atoms with E-state index in [0.29, 0.717) is 11.7 Å². The van der Waals surface area contributed by atoms with Gasteiger partial charge in [-0.25, -0.2) is 0 Å². The van der Waals surface area contributed by atoms with Crippen molar-refractivity contribution < 1.29 is 4.79 Å². The average Bonchev–Trinajstić information content (AvgIpc) is 3.09. The molecule has 0 amide bonds. The minimum Gasteiger partial charge on any atom is -0.313 e. The lowest BCUT2D eigenvalue weighted by atomic mass is 10.00. The molecule has 0 N–H and O–H groups in total. The Kier molecular flexibility index (Phi) is 3.09. The maximum Gasteiger partial charge on any atom is 0.165 e. The first-order valence-electron chi connectivity index (χ1n) is 7.07. The Morgan fingerprint density at radius 2 is 2.21 bits per heavy atom. The molecule has 1 aliphatic carbocycles. The van der Waals surface area contributed by atoms with Crippen molar-refractivity contribution in [3.05, 3.63) is 11.6 Å². The van der Waals surface area contributed by atoms with E-state index >= 15 is 0 Å². The monoisotopic (exact) mass is 258 g/mol. The number of Topliss-reactive ketones (excluding diaryl/α,β-unsaturated/α-hetero) is 1. The SMILES string of the molecule is C[C@@H]1C[C@H]1C(=O)[C@H](C#N)c1nnc2n1CCCCC2. The van der Waals surface area contributed by atoms with Crippen molar-refractivity contribution in [1.82, 2.24) is 14.8 Å². The first kappa shape index (κ1) is 12.3. The number of aryl methyl sites for hydroxylation is 1. The number of nitriles is 1. The molecule has 0 saturated heterocycles. The highest BCUT2D eigenvalue weighted by molar-refractivity contribution is 5.91. The van der Waals surface area contributed by atoms with Crippen molar-refractivity contribution >= 4 is 5.78 Å². The number of nitrogens with zero attached hydrogens (tertiary/aromatic N) is 4. The molecular weight excluding hydrogens is 240 g/mol. The number of ketones is 1. The third-order valence-corrected chi connectivity index (χ3v) is 4.28. The van der Waals surface area contributed by atoms with Gasteiger partial charge < -0.3 is 4.57 Å². The lowest BCUT2D eigenvalue weighted by Gasteiger charge is -2.10. The van der Waals surface area contributed by atoms with Gasteiger partial charge in [-0.15, -0.1) is 10.2 Å². The summed E-state index contributed by atoms with van der Waals surface area (Å²) in [5, 5.41) is 17.7. The number of hydrogen-bond acceptors (Lipinski definition) is 4. The van der Waals surface area contributed by atoms with Gasteiger partial charge in [0.1, 0.15) is 5.82 Å². The summed E-state index contributed by atoms with van der Waals surface area (Å²) >= 11 is 0. The average molecular weight is 258 g/mol. The zero-order valence-electron chi connectivity index (χ0n) is 11.2. The third kappa shape index (κ3) is 2.16. The second-order valence-corrected chi connectivity index (χ2v) is 5.72. The fourth-order valence-electron chi connectivity index (χ4n) is 2.90. The lowest BCUT2D eigenvalue weighted by Crippen LogP contribution is -2.19. The van der Waals surface area contributed by atoms with Gasteiger partial charge in [0.05, 0.1) is 6.07 Å². The molecule has 3 rings (SSSR count). The summed E-state index contributed by atoms with van der Waals surface area (Å²) in [5.74, 6) is 1.30. The summed E-state index contributed by atoms with van der Waals surface area (Å²) in [7, 11) is 0. The maximum atomic E-state index is 12.3. The highest BCUT2D eigenvalue weighted by Crippen LogP contribution is 2.41. The van der Waals surface area contributed by atoms with Gasteiger partial charge in [-0.2, -0.15) is 5.26 Å². The minimum absolute atomic E-state index is 0.0365. The van der Waals surface area contributed by atoms with Gasteiger partial charge in [-0.1, -0.05) is 13.3 Å². The van der Waals surface area contributed by atoms with E-state index < -0.39 is 5.92 Å². The van der Waals surface area contributed by atoms with Crippen molar-refractivity contribution in [2.75, 3.05) is 0 Å². The smallest absolute Gasteiger partial charge is 0.165 e. The van der Waals surface area contributed by atoms with Crippen LogP contribution in [-0.4, -0.2) is 20.5 Å². The quantitative estimate of drug-likeness (QED) is 0.829. The van der Waals surface area contributed by atoms with Crippen LogP contribution in [0.4, 0.5) is 0 Å². The molecule has 1 aromatic rings. The fourth-order valence-corrected chi connectivity index (χ4v) is 2.90. The van der Waals surface area contributed by atoms with Crippen LogP contribution in [0.15, 0.2) is 0 Å². The van der Waals surface area contributed by atoms with Gasteiger partial charge in [0.15, 0.2) is 17.5 Å². The molecule has 5 heteroatoms. The molecule has 1 fully saturated rings. The Morgan fingerprint density at radius 1 is 1.42 bits per heavy atom. The molecule has 0 aromatic carbocycles. The molecule has 0 unspecified atom stereocenters. The van der Waals surface area contributed by atoms with Crippen LogP contribution >= 0.6 is 0 Å². The van der Waals surface area contributed by atoms with Crippen molar-refractivity contribution in [2.45, 2.75) is 51.5 Å². The predicted molar refractivity (Wildman–Crippen MR) is 68.2 cm³/mol. The molecule has 0 spiro atoms. The van der Waals surface area contributed by atoms with E-state index in [1.807, 2.05) is 4.57 Å². The summed E-state index contributed by atoms with van der Waals surface area (Å²) in [5.41, 5.74) is 0. The second kappa shape index (κ2) is 4.76. The standard InChI is InChI=1S/C14H18N4O/c1-9-7-10(9)13(19)11(8-15)14-17-16-12-5-3-2-4-6-18(12)14/h9-11H,2-7H2,1H3/t9-,10-,11+/m1/s1. The Balaban J connectivity index is 1.90. The molecule has 2 aliphatic rings. The molecule has 1 aliphatic heterocycles. The van der Waals surface area contributed by atoms with E-state index in [-0.39, 0.29) is 11.7 Å². The van der Waals surface area contributed by atoms with Crippen molar-refractivity contribution in [3.63, 3.8) is 0 Å². The number of carbonyl (C=O) groups is 1. The summed E-state index contributed by atoms with van der Waals surface area (Å²) < 4.78 is 2.01. The molecule has 3 atom stereocenters. The van der Waals surface area contributed by atoms with Gasteiger partial charge in [-0.3, -0.25) is 4.79 Å². The number of rotatable bonds is 3. The van der Waals surface area contributed by atoms with E-state index in [1.165, 1.54) is 6.42 Å². The fraction of sp³-hybridized carbons (Fsp3) is 0.714. The zero-order chi connectivity index (χ0) is 13.4. The Morgan fingerprint density at radius 3 is 2.89 bits per heavy atom. The highest BCUT2D eigenvalue weighted by atomic mass is 16.1. The lowest BCUT2D eigenvalue weighted by molar-refractivity contribution is -0.121. The Labute approximate surface area is 112 Å². The molecule has 19 heavy (non-hydrogen) atoms. The van der Waals surface area contributed by atoms with Gasteiger partial charge in [0.2, 0.25) is 0 Å². The van der Waals surface area contributed by atoms with E-state index in [9.17, 15) is 10.1 Å².